The van der Waals surface area contributed by atoms with Crippen LogP contribution in [0.5, 0.6) is 0 Å². The van der Waals surface area contributed by atoms with E-state index < -0.39 is 5.97 Å². The second kappa shape index (κ2) is 6.40. The first-order valence-corrected chi connectivity index (χ1v) is 4.96. The van der Waals surface area contributed by atoms with E-state index in [1.165, 1.54) is 4.90 Å². The van der Waals surface area contributed by atoms with Gasteiger partial charge in [-0.05, 0) is 21.0 Å². The minimum atomic E-state index is -0.880. The first-order chi connectivity index (χ1) is 6.84. The maximum Gasteiger partial charge on any atom is 0.305 e. The Balaban J connectivity index is 4.01. The lowest BCUT2D eigenvalue weighted by Crippen LogP contribution is -2.37. The van der Waals surface area contributed by atoms with Gasteiger partial charge in [-0.1, -0.05) is 0 Å². The van der Waals surface area contributed by atoms with Crippen molar-refractivity contribution in [3.05, 3.63) is 0 Å². The second-order valence-electron chi connectivity index (χ2n) is 4.00. The van der Waals surface area contributed by atoms with Crippen molar-refractivity contribution in [3.8, 4) is 0 Å². The van der Waals surface area contributed by atoms with E-state index in [2.05, 4.69) is 0 Å². The van der Waals surface area contributed by atoms with Gasteiger partial charge in [0.05, 0.1) is 6.42 Å². The number of rotatable bonds is 6. The van der Waals surface area contributed by atoms with Gasteiger partial charge in [0, 0.05) is 26.1 Å². The molecule has 0 aliphatic rings. The highest BCUT2D eigenvalue weighted by molar-refractivity contribution is 5.77. The maximum atomic E-state index is 11.6. The van der Waals surface area contributed by atoms with Crippen LogP contribution in [-0.4, -0.2) is 60.5 Å². The van der Waals surface area contributed by atoms with Crippen molar-refractivity contribution in [1.82, 2.24) is 9.80 Å². The van der Waals surface area contributed by atoms with E-state index in [0.717, 1.165) is 0 Å². The molecule has 1 unspecified atom stereocenters. The summed E-state index contributed by atoms with van der Waals surface area (Å²) in [6.45, 7) is 2.42. The van der Waals surface area contributed by atoms with Gasteiger partial charge < -0.3 is 14.9 Å². The summed E-state index contributed by atoms with van der Waals surface area (Å²) >= 11 is 0. The zero-order valence-corrected chi connectivity index (χ0v) is 9.86. The average molecular weight is 216 g/mol. The van der Waals surface area contributed by atoms with Gasteiger partial charge in [0.25, 0.3) is 0 Å². The molecule has 1 amide bonds. The largest absolute Gasteiger partial charge is 0.481 e. The van der Waals surface area contributed by atoms with Crippen LogP contribution in [0, 0.1) is 0 Å². The summed E-state index contributed by atoms with van der Waals surface area (Å²) < 4.78 is 0. The Morgan fingerprint density at radius 2 is 1.80 bits per heavy atom. The molecule has 0 bridgehead atoms. The number of carbonyl (C=O) groups excluding carboxylic acids is 1. The summed E-state index contributed by atoms with van der Waals surface area (Å²) in [6.07, 6.45) is 0.414. The fourth-order valence-electron chi connectivity index (χ4n) is 1.13. The molecule has 0 rings (SSSR count). The molecule has 0 fully saturated rings. The molecule has 0 heterocycles. The van der Waals surface area contributed by atoms with E-state index in [0.29, 0.717) is 13.0 Å². The molecular formula is C10H20N2O3. The highest BCUT2D eigenvalue weighted by Crippen LogP contribution is 2.03. The Labute approximate surface area is 90.7 Å². The van der Waals surface area contributed by atoms with Crippen LogP contribution in [0.15, 0.2) is 0 Å². The molecule has 0 aromatic rings. The first kappa shape index (κ1) is 13.9. The summed E-state index contributed by atoms with van der Waals surface area (Å²) in [5, 5.41) is 8.59. The summed E-state index contributed by atoms with van der Waals surface area (Å²) in [5.74, 6) is -0.896. The van der Waals surface area contributed by atoms with E-state index in [-0.39, 0.29) is 18.4 Å². The van der Waals surface area contributed by atoms with E-state index in [1.807, 2.05) is 19.0 Å². The van der Waals surface area contributed by atoms with E-state index >= 15 is 0 Å². The van der Waals surface area contributed by atoms with Crippen LogP contribution < -0.4 is 0 Å². The predicted octanol–water partition coefficient (Wildman–Crippen LogP) is 0.260. The molecule has 0 spiro atoms. The Morgan fingerprint density at radius 3 is 2.20 bits per heavy atom. The SMILES string of the molecule is CC(CC(=O)O)N(C)C(=O)CCN(C)C. The third-order valence-electron chi connectivity index (χ3n) is 2.30. The standard InChI is InChI=1S/C10H20N2O3/c1-8(7-10(14)15)12(4)9(13)5-6-11(2)3/h8H,5-7H2,1-4H3,(H,14,15). The van der Waals surface area contributed by atoms with Crippen molar-refractivity contribution in [1.29, 1.82) is 0 Å². The minimum Gasteiger partial charge on any atom is -0.481 e. The Bertz CT molecular complexity index is 229. The topological polar surface area (TPSA) is 60.9 Å². The van der Waals surface area contributed by atoms with Gasteiger partial charge in [0.15, 0.2) is 0 Å². The fraction of sp³-hybridized carbons (Fsp3) is 0.800. The zero-order chi connectivity index (χ0) is 12.0. The van der Waals surface area contributed by atoms with E-state index in [4.69, 9.17) is 5.11 Å². The Morgan fingerprint density at radius 1 is 1.27 bits per heavy atom. The molecule has 1 N–H and O–H groups in total. The molecular weight excluding hydrogens is 196 g/mol. The zero-order valence-electron chi connectivity index (χ0n) is 9.86. The van der Waals surface area contributed by atoms with Crippen LogP contribution in [0.4, 0.5) is 0 Å². The molecule has 0 saturated carbocycles. The number of carboxylic acid groups (broad SMARTS) is 1. The van der Waals surface area contributed by atoms with Crippen molar-refractivity contribution in [2.75, 3.05) is 27.7 Å². The lowest BCUT2D eigenvalue weighted by Gasteiger charge is -2.24. The summed E-state index contributed by atoms with van der Waals surface area (Å²) in [5.41, 5.74) is 0. The van der Waals surface area contributed by atoms with E-state index in [1.54, 1.807) is 14.0 Å². The van der Waals surface area contributed by atoms with Gasteiger partial charge in [-0.15, -0.1) is 0 Å². The smallest absolute Gasteiger partial charge is 0.305 e. The minimum absolute atomic E-state index is 0.00972. The molecule has 0 aliphatic carbocycles. The van der Waals surface area contributed by atoms with Gasteiger partial charge in [0.2, 0.25) is 5.91 Å². The quantitative estimate of drug-likeness (QED) is 0.692. The molecule has 15 heavy (non-hydrogen) atoms. The highest BCUT2D eigenvalue weighted by Gasteiger charge is 2.17. The third kappa shape index (κ3) is 6.06. The van der Waals surface area contributed by atoms with Crippen molar-refractivity contribution in [2.45, 2.75) is 25.8 Å². The van der Waals surface area contributed by atoms with Crippen molar-refractivity contribution in [3.63, 3.8) is 0 Å². The number of aliphatic carboxylic acids is 1. The van der Waals surface area contributed by atoms with Crippen LogP contribution in [-0.2, 0) is 9.59 Å². The molecule has 5 heteroatoms. The van der Waals surface area contributed by atoms with Crippen molar-refractivity contribution in [2.24, 2.45) is 0 Å². The molecule has 0 aromatic heterocycles. The second-order valence-corrected chi connectivity index (χ2v) is 4.00. The van der Waals surface area contributed by atoms with Gasteiger partial charge in [-0.25, -0.2) is 0 Å². The predicted molar refractivity (Wildman–Crippen MR) is 57.7 cm³/mol. The number of hydrogen-bond acceptors (Lipinski definition) is 3. The van der Waals surface area contributed by atoms with Gasteiger partial charge in [0.1, 0.15) is 0 Å². The molecule has 0 aromatic carbocycles. The van der Waals surface area contributed by atoms with Crippen molar-refractivity contribution < 1.29 is 14.7 Å². The van der Waals surface area contributed by atoms with Crippen molar-refractivity contribution >= 4 is 11.9 Å². The average Bonchev–Trinajstić information content (AvgIpc) is 2.11. The highest BCUT2D eigenvalue weighted by atomic mass is 16.4. The summed E-state index contributed by atoms with van der Waals surface area (Å²) in [7, 11) is 5.44. The molecule has 1 atom stereocenters. The fourth-order valence-corrected chi connectivity index (χ4v) is 1.13. The molecule has 0 saturated heterocycles. The molecule has 5 nitrogen and oxygen atoms in total. The van der Waals surface area contributed by atoms with Crippen LogP contribution in [0.2, 0.25) is 0 Å². The number of nitrogens with zero attached hydrogens (tertiary/aromatic N) is 2. The number of hydrogen-bond donors (Lipinski definition) is 1. The normalized spacial score (nSPS) is 12.6. The van der Waals surface area contributed by atoms with Crippen LogP contribution in [0.1, 0.15) is 19.8 Å². The number of amides is 1. The molecule has 0 radical (unpaired) electrons. The van der Waals surface area contributed by atoms with E-state index in [9.17, 15) is 9.59 Å². The van der Waals surface area contributed by atoms with Crippen LogP contribution >= 0.6 is 0 Å². The number of carboxylic acids is 1. The maximum absolute atomic E-state index is 11.6. The number of carbonyl (C=O) groups is 2. The third-order valence-corrected chi connectivity index (χ3v) is 2.30. The molecule has 0 aliphatic heterocycles. The monoisotopic (exact) mass is 216 g/mol. The summed E-state index contributed by atoms with van der Waals surface area (Å²) in [4.78, 5) is 25.5. The summed E-state index contributed by atoms with van der Waals surface area (Å²) in [6, 6.07) is -0.253. The lowest BCUT2D eigenvalue weighted by molar-refractivity contribution is -0.139. The van der Waals surface area contributed by atoms with Gasteiger partial charge in [-0.3, -0.25) is 9.59 Å². The Hall–Kier alpha value is -1.10. The molecule has 88 valence electrons. The Kier molecular flexibility index (Phi) is 5.93. The first-order valence-electron chi connectivity index (χ1n) is 4.96. The van der Waals surface area contributed by atoms with Gasteiger partial charge in [-0.2, -0.15) is 0 Å². The van der Waals surface area contributed by atoms with Gasteiger partial charge >= 0.3 is 5.97 Å². The lowest BCUT2D eigenvalue weighted by atomic mass is 10.2. The van der Waals surface area contributed by atoms with Crippen LogP contribution in [0.25, 0.3) is 0 Å². The van der Waals surface area contributed by atoms with Crippen LogP contribution in [0.3, 0.4) is 0 Å².